The van der Waals surface area contributed by atoms with E-state index in [1.165, 1.54) is 85.7 Å². The molecule has 640 valence electrons. The van der Waals surface area contributed by atoms with Gasteiger partial charge >= 0.3 is 12.1 Å². The van der Waals surface area contributed by atoms with Crippen molar-refractivity contribution in [3.8, 4) is 0 Å². The summed E-state index contributed by atoms with van der Waals surface area (Å²) >= 11 is 6.42. The molecule has 31 heteroatoms. The molecule has 2 fully saturated rings. The first kappa shape index (κ1) is 99.0. The van der Waals surface area contributed by atoms with E-state index >= 15 is 24.0 Å². The van der Waals surface area contributed by atoms with E-state index in [9.17, 15) is 48.3 Å². The number of halogens is 1. The molecule has 12 atom stereocenters. The number of aliphatic hydroxyl groups excluding tert-OH is 1. The average Bonchev–Trinajstić information content (AvgIpc) is 1.08. The molecule has 2 saturated heterocycles. The highest BCUT2D eigenvalue weighted by Crippen LogP contribution is 2.27. The van der Waals surface area contributed by atoms with E-state index in [2.05, 4.69) is 26.6 Å². The van der Waals surface area contributed by atoms with Crippen molar-refractivity contribution in [1.82, 2.24) is 65.8 Å². The number of ether oxygens (including phenoxy) is 2. The minimum Gasteiger partial charge on any atom is -0.467 e. The van der Waals surface area contributed by atoms with Crippen LogP contribution in [0.25, 0.3) is 0 Å². The van der Waals surface area contributed by atoms with Crippen LogP contribution in [0.15, 0.2) is 24.3 Å². The van der Waals surface area contributed by atoms with Crippen molar-refractivity contribution < 1.29 is 81.7 Å². The molecular weight excluding hydrogens is 1470 g/mol. The van der Waals surface area contributed by atoms with Crippen molar-refractivity contribution in [2.75, 3.05) is 82.2 Å². The maximum absolute atomic E-state index is 15.5. The van der Waals surface area contributed by atoms with Gasteiger partial charge in [0.15, 0.2) is 0 Å². The number of alkyl carbamates (subject to hydrolysis) is 1. The van der Waals surface area contributed by atoms with Crippen LogP contribution in [0.1, 0.15) is 213 Å². The van der Waals surface area contributed by atoms with Gasteiger partial charge in [-0.15, -0.1) is 0 Å². The Morgan fingerprint density at radius 1 is 0.558 bits per heavy atom. The number of hydrogen-bond donors (Lipinski definition) is 6. The molecule has 0 saturated carbocycles. The number of hydrogen-bond acceptors (Lipinski definition) is 17. The van der Waals surface area contributed by atoms with Gasteiger partial charge in [0.05, 0.1) is 13.5 Å². The summed E-state index contributed by atoms with van der Waals surface area (Å²) in [6, 6.07) is -6.60. The number of methoxy groups -OCH3 is 1. The van der Waals surface area contributed by atoms with Crippen molar-refractivity contribution in [3.63, 3.8) is 0 Å². The van der Waals surface area contributed by atoms with Crippen LogP contribution in [-0.4, -0.2) is 281 Å². The highest BCUT2D eigenvalue weighted by atomic mass is 35.5. The lowest BCUT2D eigenvalue weighted by Crippen LogP contribution is -2.61. The third kappa shape index (κ3) is 30.9. The Morgan fingerprint density at radius 3 is 1.56 bits per heavy atom. The summed E-state index contributed by atoms with van der Waals surface area (Å²) in [5, 5.41) is 24.2. The van der Waals surface area contributed by atoms with Crippen LogP contribution < -0.4 is 26.6 Å². The highest BCUT2D eigenvalue weighted by Gasteiger charge is 2.45. The Balaban J connectivity index is 2.05. The predicted octanol–water partition coefficient (Wildman–Crippen LogP) is 6.33. The lowest BCUT2D eigenvalue weighted by Gasteiger charge is -2.38. The summed E-state index contributed by atoms with van der Waals surface area (Å²) < 4.78 is 10.5. The Kier molecular flexibility index (Phi) is 41.2. The number of esters is 1. The zero-order valence-electron chi connectivity index (χ0n) is 71.9. The number of rotatable bonds is 43. The van der Waals surface area contributed by atoms with Crippen molar-refractivity contribution in [2.24, 2.45) is 35.5 Å². The van der Waals surface area contributed by atoms with Crippen LogP contribution in [0.5, 0.6) is 0 Å². The number of likely N-dealkylation sites (N-methyl/N-ethyl adjacent to an activating group) is 6. The average molecular weight is 1610 g/mol. The molecule has 2 aliphatic heterocycles. The number of benzene rings is 1. The van der Waals surface area contributed by atoms with Crippen LogP contribution in [-0.2, 0) is 78.2 Å². The number of unbranched alkanes of at least 4 members (excludes halogenated alkanes) is 1. The van der Waals surface area contributed by atoms with Crippen LogP contribution >= 0.6 is 11.6 Å². The second-order valence-electron chi connectivity index (χ2n) is 34.0. The van der Waals surface area contributed by atoms with E-state index in [1.807, 2.05) is 76.2 Å². The summed E-state index contributed by atoms with van der Waals surface area (Å²) in [6.07, 6.45) is 3.36. The fourth-order valence-electron chi connectivity index (χ4n) is 14.2. The summed E-state index contributed by atoms with van der Waals surface area (Å²) in [5.74, 6) is -9.84. The summed E-state index contributed by atoms with van der Waals surface area (Å²) in [5.41, 5.74) is -0.153. The first-order chi connectivity index (χ1) is 52.7. The molecule has 0 aliphatic carbocycles. The van der Waals surface area contributed by atoms with Gasteiger partial charge in [-0.2, -0.15) is 0 Å². The first-order valence-electron chi connectivity index (χ1n) is 40.5. The third-order valence-corrected chi connectivity index (χ3v) is 21.4. The van der Waals surface area contributed by atoms with Crippen molar-refractivity contribution in [3.05, 3.63) is 34.9 Å². The Hall–Kier alpha value is -8.15. The summed E-state index contributed by atoms with van der Waals surface area (Å²) in [7, 11) is 9.82. The molecule has 13 amide bonds. The van der Waals surface area contributed by atoms with Gasteiger partial charge in [-0.05, 0) is 164 Å². The molecule has 0 unspecified atom stereocenters. The van der Waals surface area contributed by atoms with Gasteiger partial charge in [0.1, 0.15) is 78.7 Å². The van der Waals surface area contributed by atoms with E-state index in [-0.39, 0.29) is 100.0 Å². The molecule has 0 spiro atoms. The van der Waals surface area contributed by atoms with Crippen LogP contribution in [0.4, 0.5) is 4.79 Å². The van der Waals surface area contributed by atoms with Crippen LogP contribution in [0.3, 0.4) is 0 Å². The minimum atomic E-state index is -1.50. The lowest BCUT2D eigenvalue weighted by atomic mass is 9.96. The standard InChI is InChI=1S/C82H138ClN13O17/c1-24-54(12)69(80(110)112-23)88-73(103)64(46-56-32-30-33-57(83)45-56)93(21)78(108)65(43-52(8)9)90(18)67(98)47-60(76(106)95-37-28-25-29-38-95)87-72(102)63(42-51(6)7)92(20)79(109)66(44-53(10)11)94(22)75(105)59(40-49(2)3)86-70(100)55(13)89(17)74(104)58(34-26-27-36-84-81(111)113-82(14,15)16)85-71(101)62(41-50(4)5)91(19)77(107)61-35-31-39-96(61)68(99)48-97/h30,32-33,45,49-55,58-66,69,97H,24-29,31,34-44,46-48H2,1-23H3,(H,84,111)(H,85,101)(H,86,100)(H,87,102)(H,88,103)/t54-,55-,58-,59-,60-,61-,62-,63-,64-,65-,66-,69-/m0/s1. The van der Waals surface area contributed by atoms with Gasteiger partial charge in [-0.25, -0.2) is 9.59 Å². The fraction of sp³-hybridized carbons (Fsp3) is 0.756. The maximum Gasteiger partial charge on any atom is 0.407 e. The molecule has 113 heavy (non-hydrogen) atoms. The minimum absolute atomic E-state index is 0.0158. The summed E-state index contributed by atoms with van der Waals surface area (Å²) in [4.78, 5) is 213. The second kappa shape index (κ2) is 47.0. The molecule has 2 aliphatic rings. The second-order valence-corrected chi connectivity index (χ2v) is 34.4. The maximum atomic E-state index is 15.5. The van der Waals surface area contributed by atoms with E-state index in [1.54, 1.807) is 56.9 Å². The Morgan fingerprint density at radius 2 is 1.04 bits per heavy atom. The van der Waals surface area contributed by atoms with Gasteiger partial charge in [0.25, 0.3) is 0 Å². The number of nitrogens with zero attached hydrogens (tertiary/aromatic N) is 8. The topological polar surface area (TPSA) is 364 Å². The number of aliphatic hydroxyl groups is 1. The van der Waals surface area contributed by atoms with Gasteiger partial charge in [-0.1, -0.05) is 113 Å². The molecule has 3 rings (SSSR count). The Bertz CT molecular complexity index is 3360. The molecule has 2 heterocycles. The van der Waals surface area contributed by atoms with E-state index < -0.39 is 168 Å². The zero-order valence-corrected chi connectivity index (χ0v) is 72.7. The number of carbonyl (C=O) groups is 14. The van der Waals surface area contributed by atoms with Crippen molar-refractivity contribution >= 4 is 94.5 Å². The number of piperidine rings is 1. The van der Waals surface area contributed by atoms with Crippen LogP contribution in [0, 0.1) is 35.5 Å². The fourth-order valence-corrected chi connectivity index (χ4v) is 14.4. The van der Waals surface area contributed by atoms with E-state index in [0.717, 1.165) is 11.3 Å². The van der Waals surface area contributed by atoms with Crippen molar-refractivity contribution in [2.45, 2.75) is 286 Å². The molecule has 30 nitrogen and oxygen atoms in total. The molecule has 1 aromatic rings. The highest BCUT2D eigenvalue weighted by molar-refractivity contribution is 6.30. The van der Waals surface area contributed by atoms with Gasteiger partial charge in [0, 0.05) is 79.9 Å². The van der Waals surface area contributed by atoms with E-state index in [0.29, 0.717) is 62.2 Å². The molecule has 0 radical (unpaired) electrons. The summed E-state index contributed by atoms with van der Waals surface area (Å²) in [6.45, 7) is 29.2. The smallest absolute Gasteiger partial charge is 0.407 e. The number of carbonyl (C=O) groups excluding carboxylic acids is 14. The number of amides is 13. The normalized spacial score (nSPS) is 16.7. The van der Waals surface area contributed by atoms with E-state index in [4.69, 9.17) is 21.1 Å². The molecule has 0 bridgehead atoms. The lowest BCUT2D eigenvalue weighted by molar-refractivity contribution is -0.152. The first-order valence-corrected chi connectivity index (χ1v) is 40.9. The Labute approximate surface area is 677 Å². The molecule has 1 aromatic carbocycles. The van der Waals surface area contributed by atoms with Gasteiger partial charge < -0.3 is 80.4 Å². The number of likely N-dealkylation sites (tertiary alicyclic amines) is 2. The van der Waals surface area contributed by atoms with Crippen molar-refractivity contribution in [1.29, 1.82) is 0 Å². The molecule has 6 N–H and O–H groups in total. The van der Waals surface area contributed by atoms with Crippen LogP contribution in [0.2, 0.25) is 5.02 Å². The molecular formula is C82H138ClN13O17. The van der Waals surface area contributed by atoms with Gasteiger partial charge in [0.2, 0.25) is 70.9 Å². The quantitative estimate of drug-likeness (QED) is 0.0307. The SMILES string of the molecule is CC[C@H](C)[C@H](NC(=O)[C@H](Cc1cccc(Cl)c1)N(C)C(=O)[C@H](CC(C)C)N(C)C(=O)C[C@H](NC(=O)[C@H](CC(C)C)N(C)C(=O)[C@H](CC(C)C)N(C)C(=O)[C@H](CC(C)C)NC(=O)[C@H](C)N(C)C(=O)[C@H](CCCCNC(=O)OC(C)(C)C)NC(=O)[C@H](CC(C)C)N(C)C(=O)[C@@H]1CCCN1C(=O)CO)C(=O)N1CCCCC1)C(=O)OC. The number of nitrogens with one attached hydrogen (secondary N) is 5. The monoisotopic (exact) mass is 1610 g/mol. The largest absolute Gasteiger partial charge is 0.467 e. The predicted molar refractivity (Wildman–Crippen MR) is 432 cm³/mol. The third-order valence-electron chi connectivity index (χ3n) is 21.1. The zero-order chi connectivity index (χ0) is 85.8. The van der Waals surface area contributed by atoms with Gasteiger partial charge in [-0.3, -0.25) is 57.5 Å². The molecule has 0 aromatic heterocycles.